The Bertz CT molecular complexity index is 1060. The average Bonchev–Trinajstić information content (AvgIpc) is 2.70. The minimum absolute atomic E-state index is 0.0343. The molecule has 9 nitrogen and oxygen atoms in total. The fourth-order valence-electron chi connectivity index (χ4n) is 2.97. The Balaban J connectivity index is 1.78. The Kier molecular flexibility index (Phi) is 6.23. The first kappa shape index (κ1) is 20.9. The standard InChI is InChI=1S/C19H23N3O6S/c1-3-22(4-2)29(25,26)15-6-8-19(24)21(12-15)13-18(23)20-14-5-7-16-17(11-14)28-10-9-27-16/h5-8,11-12H,3-4,9-10,13H2,1-2H3,(H,20,23). The van der Waals surface area contributed by atoms with Crippen LogP contribution in [-0.4, -0.2) is 49.5 Å². The summed E-state index contributed by atoms with van der Waals surface area (Å²) in [5.41, 5.74) is 0.0139. The highest BCUT2D eigenvalue weighted by molar-refractivity contribution is 7.89. The maximum atomic E-state index is 12.7. The highest BCUT2D eigenvalue weighted by Crippen LogP contribution is 2.32. The normalized spacial score (nSPS) is 13.3. The predicted molar refractivity (Wildman–Crippen MR) is 107 cm³/mol. The number of pyridine rings is 1. The Hall–Kier alpha value is -2.85. The molecule has 1 amide bonds. The van der Waals surface area contributed by atoms with Crippen LogP contribution in [0.4, 0.5) is 5.69 Å². The van der Waals surface area contributed by atoms with Gasteiger partial charge in [0.1, 0.15) is 19.8 Å². The largest absolute Gasteiger partial charge is 0.486 e. The molecule has 1 aromatic carbocycles. The molecule has 0 spiro atoms. The van der Waals surface area contributed by atoms with Gasteiger partial charge in [0.2, 0.25) is 15.9 Å². The third kappa shape index (κ3) is 4.60. The van der Waals surface area contributed by atoms with Crippen LogP contribution in [0, 0.1) is 0 Å². The summed E-state index contributed by atoms with van der Waals surface area (Å²) in [4.78, 5) is 24.5. The van der Waals surface area contributed by atoms with E-state index in [0.717, 1.165) is 10.6 Å². The second kappa shape index (κ2) is 8.66. The van der Waals surface area contributed by atoms with Crippen LogP contribution in [0.1, 0.15) is 13.8 Å². The molecule has 0 saturated heterocycles. The second-order valence-corrected chi connectivity index (χ2v) is 8.26. The van der Waals surface area contributed by atoms with Crippen LogP contribution in [-0.2, 0) is 21.4 Å². The summed E-state index contributed by atoms with van der Waals surface area (Å²) in [5.74, 6) is 0.652. The number of anilines is 1. The predicted octanol–water partition coefficient (Wildman–Crippen LogP) is 1.29. The SMILES string of the molecule is CCN(CC)S(=O)(=O)c1ccc(=O)n(CC(=O)Nc2ccc3c(c2)OCCO3)c1. The number of hydrogen-bond donors (Lipinski definition) is 1. The number of fused-ring (bicyclic) bond motifs is 1. The average molecular weight is 421 g/mol. The summed E-state index contributed by atoms with van der Waals surface area (Å²) in [6.07, 6.45) is 1.19. The van der Waals surface area contributed by atoms with Gasteiger partial charge < -0.3 is 19.4 Å². The maximum absolute atomic E-state index is 12.7. The monoisotopic (exact) mass is 421 g/mol. The number of sulfonamides is 1. The fraction of sp³-hybridized carbons (Fsp3) is 0.368. The molecule has 0 radical (unpaired) electrons. The minimum atomic E-state index is -3.73. The van der Waals surface area contributed by atoms with E-state index >= 15 is 0 Å². The zero-order valence-electron chi connectivity index (χ0n) is 16.3. The number of benzene rings is 1. The lowest BCUT2D eigenvalue weighted by Crippen LogP contribution is -2.33. The first-order valence-electron chi connectivity index (χ1n) is 9.25. The smallest absolute Gasteiger partial charge is 0.251 e. The van der Waals surface area contributed by atoms with E-state index in [2.05, 4.69) is 5.32 Å². The first-order chi connectivity index (χ1) is 13.8. The van der Waals surface area contributed by atoms with Crippen molar-refractivity contribution in [1.82, 2.24) is 8.87 Å². The summed E-state index contributed by atoms with van der Waals surface area (Å²) >= 11 is 0. The van der Waals surface area contributed by atoms with Gasteiger partial charge in [0.25, 0.3) is 5.56 Å². The second-order valence-electron chi connectivity index (χ2n) is 6.33. The number of rotatable bonds is 7. The molecule has 1 aliphatic rings. The van der Waals surface area contributed by atoms with Crippen molar-refractivity contribution < 1.29 is 22.7 Å². The van der Waals surface area contributed by atoms with E-state index in [0.29, 0.717) is 43.5 Å². The highest BCUT2D eigenvalue weighted by atomic mass is 32.2. The van der Waals surface area contributed by atoms with E-state index < -0.39 is 21.5 Å². The van der Waals surface area contributed by atoms with Crippen molar-refractivity contribution in [3.63, 3.8) is 0 Å². The third-order valence-electron chi connectivity index (χ3n) is 4.44. The molecule has 10 heteroatoms. The molecule has 2 aromatic rings. The van der Waals surface area contributed by atoms with E-state index in [9.17, 15) is 18.0 Å². The van der Waals surface area contributed by atoms with Gasteiger partial charge in [-0.05, 0) is 18.2 Å². The topological polar surface area (TPSA) is 107 Å². The molecular weight excluding hydrogens is 398 g/mol. The molecule has 0 aliphatic carbocycles. The lowest BCUT2D eigenvalue weighted by molar-refractivity contribution is -0.116. The van der Waals surface area contributed by atoms with Crippen LogP contribution >= 0.6 is 0 Å². The number of aromatic nitrogens is 1. The molecule has 0 fully saturated rings. The quantitative estimate of drug-likeness (QED) is 0.722. The van der Waals surface area contributed by atoms with Gasteiger partial charge in [-0.3, -0.25) is 9.59 Å². The van der Waals surface area contributed by atoms with Gasteiger partial charge >= 0.3 is 0 Å². The molecule has 3 rings (SSSR count). The molecular formula is C19H23N3O6S. The Labute approximate surface area is 168 Å². The number of carbonyl (C=O) groups excluding carboxylic acids is 1. The van der Waals surface area contributed by atoms with Gasteiger partial charge in [-0.2, -0.15) is 4.31 Å². The van der Waals surface area contributed by atoms with Crippen LogP contribution in [0.15, 0.2) is 46.2 Å². The Morgan fingerprint density at radius 1 is 1.10 bits per heavy atom. The van der Waals surface area contributed by atoms with Gasteiger partial charge in [0.05, 0.1) is 4.90 Å². The van der Waals surface area contributed by atoms with Gasteiger partial charge in [-0.25, -0.2) is 8.42 Å². The maximum Gasteiger partial charge on any atom is 0.251 e. The summed E-state index contributed by atoms with van der Waals surface area (Å²) in [6, 6.07) is 7.39. The summed E-state index contributed by atoms with van der Waals surface area (Å²) in [5, 5.41) is 2.68. The van der Waals surface area contributed by atoms with Gasteiger partial charge in [-0.1, -0.05) is 13.8 Å². The molecule has 156 valence electrons. The lowest BCUT2D eigenvalue weighted by atomic mass is 10.2. The Morgan fingerprint density at radius 3 is 2.48 bits per heavy atom. The van der Waals surface area contributed by atoms with E-state index in [-0.39, 0.29) is 11.4 Å². The van der Waals surface area contributed by atoms with Crippen molar-refractivity contribution >= 4 is 21.6 Å². The van der Waals surface area contributed by atoms with Crippen LogP contribution < -0.4 is 20.3 Å². The number of carbonyl (C=O) groups is 1. The number of ether oxygens (including phenoxy) is 2. The molecule has 1 N–H and O–H groups in total. The lowest BCUT2D eigenvalue weighted by Gasteiger charge is -2.19. The van der Waals surface area contributed by atoms with Gasteiger partial charge in [0.15, 0.2) is 11.5 Å². The summed E-state index contributed by atoms with van der Waals surface area (Å²) < 4.78 is 38.6. The van der Waals surface area contributed by atoms with E-state index in [1.165, 1.54) is 16.6 Å². The van der Waals surface area contributed by atoms with E-state index in [1.807, 2.05) is 0 Å². The van der Waals surface area contributed by atoms with Crippen LogP contribution in [0.25, 0.3) is 0 Å². The van der Waals surface area contributed by atoms with Gasteiger partial charge in [-0.15, -0.1) is 0 Å². The minimum Gasteiger partial charge on any atom is -0.486 e. The van der Waals surface area contributed by atoms with Crippen LogP contribution in [0.5, 0.6) is 11.5 Å². The molecule has 0 unspecified atom stereocenters. The molecule has 0 saturated carbocycles. The van der Waals surface area contributed by atoms with Gasteiger partial charge in [0, 0.05) is 37.1 Å². The van der Waals surface area contributed by atoms with Crippen molar-refractivity contribution in [3.05, 3.63) is 46.9 Å². The first-order valence-corrected chi connectivity index (χ1v) is 10.7. The van der Waals surface area contributed by atoms with E-state index in [4.69, 9.17) is 9.47 Å². The molecule has 0 bridgehead atoms. The summed E-state index contributed by atoms with van der Waals surface area (Å²) in [7, 11) is -3.73. The zero-order valence-corrected chi connectivity index (χ0v) is 17.1. The van der Waals surface area contributed by atoms with Crippen LogP contribution in [0.2, 0.25) is 0 Å². The number of nitrogens with zero attached hydrogens (tertiary/aromatic N) is 2. The number of amides is 1. The van der Waals surface area contributed by atoms with Crippen LogP contribution in [0.3, 0.4) is 0 Å². The zero-order chi connectivity index (χ0) is 21.0. The molecule has 1 aromatic heterocycles. The molecule has 0 atom stereocenters. The third-order valence-corrected chi connectivity index (χ3v) is 6.47. The van der Waals surface area contributed by atoms with Crippen molar-refractivity contribution in [3.8, 4) is 11.5 Å². The molecule has 2 heterocycles. The highest BCUT2D eigenvalue weighted by Gasteiger charge is 2.22. The van der Waals surface area contributed by atoms with Crippen molar-refractivity contribution in [2.24, 2.45) is 0 Å². The summed E-state index contributed by atoms with van der Waals surface area (Å²) in [6.45, 7) is 4.65. The number of nitrogens with one attached hydrogen (secondary N) is 1. The fourth-order valence-corrected chi connectivity index (χ4v) is 4.45. The Morgan fingerprint density at radius 2 is 1.79 bits per heavy atom. The molecule has 1 aliphatic heterocycles. The van der Waals surface area contributed by atoms with Crippen molar-refractivity contribution in [1.29, 1.82) is 0 Å². The number of hydrogen-bond acceptors (Lipinski definition) is 6. The van der Waals surface area contributed by atoms with Crippen molar-refractivity contribution in [2.45, 2.75) is 25.3 Å². The van der Waals surface area contributed by atoms with E-state index in [1.54, 1.807) is 32.0 Å². The molecule has 29 heavy (non-hydrogen) atoms. The van der Waals surface area contributed by atoms with Crippen molar-refractivity contribution in [2.75, 3.05) is 31.6 Å².